The molecule has 0 unspecified atom stereocenters. The fraction of sp³-hybridized carbons (Fsp3) is 0.588. The van der Waals surface area contributed by atoms with E-state index in [0.717, 1.165) is 12.1 Å². The van der Waals surface area contributed by atoms with Crippen LogP contribution in [0.4, 0.5) is 8.78 Å². The highest BCUT2D eigenvalue weighted by Gasteiger charge is 2.28. The molecule has 9 heteroatoms. The number of nitrogens with one attached hydrogen (secondary N) is 1. The summed E-state index contributed by atoms with van der Waals surface area (Å²) >= 11 is 0. The Morgan fingerprint density at radius 2 is 1.69 bits per heavy atom. The molecule has 0 saturated carbocycles. The molecule has 0 aliphatic carbocycles. The summed E-state index contributed by atoms with van der Waals surface area (Å²) in [7, 11) is -3.98. The van der Waals surface area contributed by atoms with Crippen molar-refractivity contribution in [3.8, 4) is 0 Å². The Labute approximate surface area is 153 Å². The molecule has 1 aliphatic rings. The van der Waals surface area contributed by atoms with Gasteiger partial charge in [-0.2, -0.15) is 4.31 Å². The molecular formula is C17H25F2N3O3S. The lowest BCUT2D eigenvalue weighted by molar-refractivity contribution is -0.123. The van der Waals surface area contributed by atoms with Crippen LogP contribution >= 0.6 is 0 Å². The Morgan fingerprint density at radius 3 is 2.27 bits per heavy atom. The van der Waals surface area contributed by atoms with E-state index in [-0.39, 0.29) is 31.1 Å². The standard InChI is InChI=1S/C17H25F2N3O3S/c1-17(2,3)20-16(23)12-21-5-4-6-22(8-7-21)26(24,25)15-10-13(18)9-14(19)11-15/h9-11H,4-8,12H2,1-3H3,(H,20,23). The molecule has 0 aromatic heterocycles. The summed E-state index contributed by atoms with van der Waals surface area (Å²) in [5.74, 6) is -1.99. The van der Waals surface area contributed by atoms with Crippen LogP contribution < -0.4 is 5.32 Å². The van der Waals surface area contributed by atoms with Crippen molar-refractivity contribution in [2.24, 2.45) is 0 Å². The zero-order valence-corrected chi connectivity index (χ0v) is 16.1. The van der Waals surface area contributed by atoms with Crippen LogP contribution in [0.5, 0.6) is 0 Å². The van der Waals surface area contributed by atoms with Crippen LogP contribution in [0.2, 0.25) is 0 Å². The first-order valence-corrected chi connectivity index (χ1v) is 9.91. The van der Waals surface area contributed by atoms with Gasteiger partial charge in [-0.25, -0.2) is 17.2 Å². The van der Waals surface area contributed by atoms with Crippen LogP contribution in [-0.4, -0.2) is 61.8 Å². The molecule has 1 N–H and O–H groups in total. The van der Waals surface area contributed by atoms with E-state index in [1.54, 1.807) is 0 Å². The molecule has 0 spiro atoms. The molecule has 1 amide bonds. The maximum atomic E-state index is 13.4. The summed E-state index contributed by atoms with van der Waals surface area (Å²) < 4.78 is 53.3. The maximum absolute atomic E-state index is 13.4. The number of carbonyl (C=O) groups is 1. The lowest BCUT2D eigenvalue weighted by Gasteiger charge is -2.25. The van der Waals surface area contributed by atoms with E-state index in [1.807, 2.05) is 25.7 Å². The van der Waals surface area contributed by atoms with Gasteiger partial charge in [0.25, 0.3) is 0 Å². The molecular weight excluding hydrogens is 364 g/mol. The third-order valence-corrected chi connectivity index (χ3v) is 5.78. The first kappa shape index (κ1) is 20.7. The number of carbonyl (C=O) groups excluding carboxylic acids is 1. The molecule has 0 bridgehead atoms. The van der Waals surface area contributed by atoms with E-state index in [1.165, 1.54) is 4.31 Å². The zero-order chi connectivity index (χ0) is 19.5. The first-order chi connectivity index (χ1) is 12.0. The van der Waals surface area contributed by atoms with Crippen molar-refractivity contribution in [1.82, 2.24) is 14.5 Å². The predicted octanol–water partition coefficient (Wildman–Crippen LogP) is 1.58. The number of rotatable bonds is 4. The lowest BCUT2D eigenvalue weighted by Crippen LogP contribution is -2.46. The summed E-state index contributed by atoms with van der Waals surface area (Å²) in [4.78, 5) is 13.5. The van der Waals surface area contributed by atoms with Gasteiger partial charge >= 0.3 is 0 Å². The number of benzene rings is 1. The molecule has 1 aliphatic heterocycles. The van der Waals surface area contributed by atoms with Gasteiger partial charge in [-0.15, -0.1) is 0 Å². The van der Waals surface area contributed by atoms with Gasteiger partial charge in [-0.3, -0.25) is 9.69 Å². The fourth-order valence-electron chi connectivity index (χ4n) is 2.83. The number of hydrogen-bond donors (Lipinski definition) is 1. The molecule has 1 fully saturated rings. The lowest BCUT2D eigenvalue weighted by atomic mass is 10.1. The van der Waals surface area contributed by atoms with Gasteiger partial charge in [0.15, 0.2) is 0 Å². The molecule has 1 aromatic carbocycles. The van der Waals surface area contributed by atoms with Crippen molar-refractivity contribution in [2.45, 2.75) is 37.6 Å². The van der Waals surface area contributed by atoms with Gasteiger partial charge in [-0.05, 0) is 45.9 Å². The van der Waals surface area contributed by atoms with Crippen molar-refractivity contribution < 1.29 is 22.0 Å². The summed E-state index contributed by atoms with van der Waals surface area (Å²) in [6.45, 7) is 7.18. The SMILES string of the molecule is CC(C)(C)NC(=O)CN1CCCN(S(=O)(=O)c2cc(F)cc(F)c2)CC1. The van der Waals surface area contributed by atoms with Gasteiger partial charge in [0.1, 0.15) is 11.6 Å². The fourth-order valence-corrected chi connectivity index (χ4v) is 4.35. The number of nitrogens with zero attached hydrogens (tertiary/aromatic N) is 2. The second-order valence-electron chi connectivity index (χ2n) is 7.44. The van der Waals surface area contributed by atoms with Crippen molar-refractivity contribution in [2.75, 3.05) is 32.7 Å². The Kier molecular flexibility index (Phi) is 6.36. The van der Waals surface area contributed by atoms with E-state index in [4.69, 9.17) is 0 Å². The number of sulfonamides is 1. The minimum atomic E-state index is -3.98. The van der Waals surface area contributed by atoms with Gasteiger partial charge in [0.2, 0.25) is 15.9 Å². The predicted molar refractivity (Wildman–Crippen MR) is 94.1 cm³/mol. The summed E-state index contributed by atoms with van der Waals surface area (Å²) in [5.41, 5.74) is -0.334. The van der Waals surface area contributed by atoms with Gasteiger partial charge in [-0.1, -0.05) is 0 Å². The molecule has 26 heavy (non-hydrogen) atoms. The van der Waals surface area contributed by atoms with Crippen molar-refractivity contribution in [3.63, 3.8) is 0 Å². The molecule has 0 radical (unpaired) electrons. The van der Waals surface area contributed by atoms with E-state index in [0.29, 0.717) is 25.6 Å². The Morgan fingerprint density at radius 1 is 1.08 bits per heavy atom. The normalized spacial score (nSPS) is 17.7. The van der Waals surface area contributed by atoms with Crippen molar-refractivity contribution >= 4 is 15.9 Å². The highest BCUT2D eigenvalue weighted by molar-refractivity contribution is 7.89. The smallest absolute Gasteiger partial charge is 0.243 e. The molecule has 6 nitrogen and oxygen atoms in total. The highest BCUT2D eigenvalue weighted by atomic mass is 32.2. The Balaban J connectivity index is 2.04. The first-order valence-electron chi connectivity index (χ1n) is 8.47. The Hall–Kier alpha value is -1.58. The van der Waals surface area contributed by atoms with Gasteiger partial charge in [0, 0.05) is 31.2 Å². The van der Waals surface area contributed by atoms with Gasteiger partial charge in [0.05, 0.1) is 11.4 Å². The van der Waals surface area contributed by atoms with E-state index >= 15 is 0 Å². The van der Waals surface area contributed by atoms with Gasteiger partial charge < -0.3 is 5.32 Å². The number of amides is 1. The number of halogens is 2. The zero-order valence-electron chi connectivity index (χ0n) is 15.3. The molecule has 1 aromatic rings. The van der Waals surface area contributed by atoms with E-state index < -0.39 is 26.6 Å². The number of hydrogen-bond acceptors (Lipinski definition) is 4. The second-order valence-corrected chi connectivity index (χ2v) is 9.38. The van der Waals surface area contributed by atoms with E-state index in [9.17, 15) is 22.0 Å². The molecule has 1 saturated heterocycles. The summed E-state index contributed by atoms with van der Waals surface area (Å²) in [6, 6.07) is 2.27. The maximum Gasteiger partial charge on any atom is 0.243 e. The van der Waals surface area contributed by atoms with E-state index in [2.05, 4.69) is 5.32 Å². The van der Waals surface area contributed by atoms with Crippen LogP contribution in [0.3, 0.4) is 0 Å². The Bertz CT molecular complexity index is 743. The average molecular weight is 389 g/mol. The third kappa shape index (κ3) is 5.72. The van der Waals surface area contributed by atoms with Crippen LogP contribution in [0.1, 0.15) is 27.2 Å². The van der Waals surface area contributed by atoms with Crippen molar-refractivity contribution in [1.29, 1.82) is 0 Å². The molecule has 0 atom stereocenters. The second kappa shape index (κ2) is 7.98. The largest absolute Gasteiger partial charge is 0.350 e. The summed E-state index contributed by atoms with van der Waals surface area (Å²) in [6.07, 6.45) is 0.528. The molecule has 1 heterocycles. The minimum absolute atomic E-state index is 0.124. The van der Waals surface area contributed by atoms with Crippen molar-refractivity contribution in [3.05, 3.63) is 29.8 Å². The average Bonchev–Trinajstić information content (AvgIpc) is 2.70. The molecule has 146 valence electrons. The van der Waals surface area contributed by atoms with Crippen LogP contribution in [0.15, 0.2) is 23.1 Å². The topological polar surface area (TPSA) is 69.7 Å². The summed E-state index contributed by atoms with van der Waals surface area (Å²) in [5, 5.41) is 2.87. The van der Waals surface area contributed by atoms with Crippen LogP contribution in [0.25, 0.3) is 0 Å². The molecule has 2 rings (SSSR count). The monoisotopic (exact) mass is 389 g/mol. The highest BCUT2D eigenvalue weighted by Crippen LogP contribution is 2.20. The third-order valence-electron chi connectivity index (χ3n) is 3.90. The quantitative estimate of drug-likeness (QED) is 0.849. The minimum Gasteiger partial charge on any atom is -0.350 e. The van der Waals surface area contributed by atoms with Crippen LogP contribution in [-0.2, 0) is 14.8 Å². The van der Waals surface area contributed by atoms with Crippen LogP contribution in [0, 0.1) is 11.6 Å².